The summed E-state index contributed by atoms with van der Waals surface area (Å²) in [7, 11) is 0. The number of carbonyl (C=O) groups is 3. The van der Waals surface area contributed by atoms with Crippen LogP contribution < -0.4 is 16.1 Å². The van der Waals surface area contributed by atoms with Crippen LogP contribution in [-0.2, 0) is 27.4 Å². The van der Waals surface area contributed by atoms with Crippen LogP contribution in [0.25, 0.3) is 0 Å². The SMILES string of the molecule is O=C(CCCCC[C@H](NC(=O)OCc1ccccc1)C(=O)NC1CCCc2ccccc21)NO. The molecule has 182 valence electrons. The summed E-state index contributed by atoms with van der Waals surface area (Å²) in [5.41, 5.74) is 4.85. The molecule has 0 radical (unpaired) electrons. The molecule has 0 heterocycles. The van der Waals surface area contributed by atoms with E-state index in [4.69, 9.17) is 9.94 Å². The number of hydroxylamine groups is 1. The second-order valence-electron chi connectivity index (χ2n) is 8.55. The normalized spacial score (nSPS) is 15.5. The third kappa shape index (κ3) is 7.88. The molecule has 0 spiro atoms. The van der Waals surface area contributed by atoms with Crippen LogP contribution in [0.3, 0.4) is 0 Å². The van der Waals surface area contributed by atoms with Crippen LogP contribution >= 0.6 is 0 Å². The number of alkyl carbamates (subject to hydrolysis) is 1. The average molecular weight is 468 g/mol. The van der Waals surface area contributed by atoms with Crippen molar-refractivity contribution in [2.45, 2.75) is 70.1 Å². The van der Waals surface area contributed by atoms with E-state index in [1.807, 2.05) is 48.5 Å². The number of nitrogens with one attached hydrogen (secondary N) is 3. The van der Waals surface area contributed by atoms with Gasteiger partial charge in [-0.3, -0.25) is 14.8 Å². The summed E-state index contributed by atoms with van der Waals surface area (Å²) in [5.74, 6) is -0.681. The van der Waals surface area contributed by atoms with E-state index in [-0.39, 0.29) is 25.0 Å². The molecule has 4 N–H and O–H groups in total. The highest BCUT2D eigenvalue weighted by atomic mass is 16.5. The molecule has 34 heavy (non-hydrogen) atoms. The molecule has 8 heteroatoms. The second kappa shape index (κ2) is 13.3. The van der Waals surface area contributed by atoms with Crippen LogP contribution in [0.2, 0.25) is 0 Å². The topological polar surface area (TPSA) is 117 Å². The number of ether oxygens (including phenoxy) is 1. The Morgan fingerprint density at radius 2 is 1.76 bits per heavy atom. The largest absolute Gasteiger partial charge is 0.445 e. The van der Waals surface area contributed by atoms with Crippen molar-refractivity contribution >= 4 is 17.9 Å². The second-order valence-corrected chi connectivity index (χ2v) is 8.55. The molecule has 2 aromatic rings. The fourth-order valence-corrected chi connectivity index (χ4v) is 4.22. The van der Waals surface area contributed by atoms with E-state index in [1.54, 1.807) is 5.48 Å². The van der Waals surface area contributed by atoms with Gasteiger partial charge in [0, 0.05) is 6.42 Å². The highest BCUT2D eigenvalue weighted by molar-refractivity contribution is 5.86. The van der Waals surface area contributed by atoms with Crippen LogP contribution in [0.15, 0.2) is 54.6 Å². The first-order valence-electron chi connectivity index (χ1n) is 11.8. The number of aryl methyl sites for hydroxylation is 1. The van der Waals surface area contributed by atoms with Crippen molar-refractivity contribution in [2.75, 3.05) is 0 Å². The van der Waals surface area contributed by atoms with Crippen molar-refractivity contribution in [2.24, 2.45) is 0 Å². The quantitative estimate of drug-likeness (QED) is 0.227. The first-order chi connectivity index (χ1) is 16.6. The molecule has 1 unspecified atom stereocenters. The van der Waals surface area contributed by atoms with Crippen molar-refractivity contribution in [3.05, 3.63) is 71.3 Å². The van der Waals surface area contributed by atoms with Crippen LogP contribution in [0.1, 0.15) is 67.7 Å². The number of benzene rings is 2. The average Bonchev–Trinajstić information content (AvgIpc) is 2.87. The van der Waals surface area contributed by atoms with E-state index in [9.17, 15) is 14.4 Å². The Morgan fingerprint density at radius 1 is 1.00 bits per heavy atom. The number of rotatable bonds is 11. The first-order valence-corrected chi connectivity index (χ1v) is 11.8. The molecular formula is C26H33N3O5. The zero-order valence-electron chi connectivity index (χ0n) is 19.3. The Balaban J connectivity index is 1.57. The van der Waals surface area contributed by atoms with Gasteiger partial charge in [0.05, 0.1) is 6.04 Å². The Labute approximate surface area is 200 Å². The summed E-state index contributed by atoms with van der Waals surface area (Å²) in [4.78, 5) is 36.8. The van der Waals surface area contributed by atoms with Crippen LogP contribution in [0.4, 0.5) is 4.79 Å². The fraction of sp³-hybridized carbons (Fsp3) is 0.423. The lowest BCUT2D eigenvalue weighted by molar-refractivity contribution is -0.129. The van der Waals surface area contributed by atoms with Crippen molar-refractivity contribution in [1.29, 1.82) is 0 Å². The minimum Gasteiger partial charge on any atom is -0.445 e. The number of fused-ring (bicyclic) bond motifs is 1. The van der Waals surface area contributed by atoms with Gasteiger partial charge >= 0.3 is 6.09 Å². The van der Waals surface area contributed by atoms with Gasteiger partial charge in [-0.05, 0) is 48.8 Å². The minimum absolute atomic E-state index is 0.0876. The predicted molar refractivity (Wildman–Crippen MR) is 127 cm³/mol. The smallest absolute Gasteiger partial charge is 0.408 e. The molecule has 1 aliphatic rings. The molecule has 0 bridgehead atoms. The molecule has 3 amide bonds. The number of hydrogen-bond donors (Lipinski definition) is 4. The van der Waals surface area contributed by atoms with Gasteiger partial charge in [0.2, 0.25) is 11.8 Å². The van der Waals surface area contributed by atoms with Gasteiger partial charge in [-0.2, -0.15) is 0 Å². The number of carbonyl (C=O) groups excluding carboxylic acids is 3. The summed E-state index contributed by atoms with van der Waals surface area (Å²) in [6.45, 7) is 0.118. The van der Waals surface area contributed by atoms with Gasteiger partial charge in [-0.15, -0.1) is 0 Å². The van der Waals surface area contributed by atoms with E-state index in [0.29, 0.717) is 25.7 Å². The maximum absolute atomic E-state index is 13.2. The standard InChI is InChI=1S/C26H33N3O5/c30-24(29-33)17-6-2-5-15-23(28-26(32)34-18-19-10-3-1-4-11-19)25(31)27-22-16-9-13-20-12-7-8-14-21(20)22/h1,3-4,7-8,10-12,14,22-23,33H,2,5-6,9,13,15-18H2,(H,27,31)(H,28,32)(H,29,30)/t22?,23-/m0/s1. The van der Waals surface area contributed by atoms with Crippen LogP contribution in [0.5, 0.6) is 0 Å². The third-order valence-corrected chi connectivity index (χ3v) is 6.03. The summed E-state index contributed by atoms with van der Waals surface area (Å²) in [5, 5.41) is 14.4. The minimum atomic E-state index is -0.746. The van der Waals surface area contributed by atoms with Crippen LogP contribution in [-0.4, -0.2) is 29.2 Å². The van der Waals surface area contributed by atoms with E-state index in [2.05, 4.69) is 16.7 Å². The summed E-state index contributed by atoms with van der Waals surface area (Å²) in [6, 6.07) is 16.6. The Bertz CT molecular complexity index is 950. The van der Waals surface area contributed by atoms with Gasteiger partial charge in [0.25, 0.3) is 0 Å². The lowest BCUT2D eigenvalue weighted by atomic mass is 9.87. The molecule has 0 aliphatic heterocycles. The van der Waals surface area contributed by atoms with Gasteiger partial charge < -0.3 is 15.4 Å². The molecule has 2 atom stereocenters. The molecule has 3 rings (SSSR count). The number of amides is 3. The van der Waals surface area contributed by atoms with Crippen molar-refractivity contribution < 1.29 is 24.3 Å². The molecule has 1 aliphatic carbocycles. The monoisotopic (exact) mass is 467 g/mol. The number of unbranched alkanes of at least 4 members (excludes halogenated alkanes) is 2. The zero-order chi connectivity index (χ0) is 24.2. The number of hydrogen-bond acceptors (Lipinski definition) is 5. The molecule has 2 aromatic carbocycles. The maximum atomic E-state index is 13.2. The molecule has 0 aromatic heterocycles. The Hall–Kier alpha value is -3.39. The van der Waals surface area contributed by atoms with Gasteiger partial charge in [-0.25, -0.2) is 10.3 Å². The molecule has 8 nitrogen and oxygen atoms in total. The summed E-state index contributed by atoms with van der Waals surface area (Å²) in [6.07, 6.45) is 4.72. The third-order valence-electron chi connectivity index (χ3n) is 6.03. The van der Waals surface area contributed by atoms with Gasteiger partial charge in [-0.1, -0.05) is 67.4 Å². The lowest BCUT2D eigenvalue weighted by Crippen LogP contribution is -2.48. The molecule has 0 saturated carbocycles. The molecule has 0 fully saturated rings. The Kier molecular flexibility index (Phi) is 9.91. The highest BCUT2D eigenvalue weighted by Gasteiger charge is 2.26. The summed E-state index contributed by atoms with van der Waals surface area (Å²) < 4.78 is 5.32. The Morgan fingerprint density at radius 3 is 2.56 bits per heavy atom. The molecular weight excluding hydrogens is 434 g/mol. The summed E-state index contributed by atoms with van der Waals surface area (Å²) >= 11 is 0. The van der Waals surface area contributed by atoms with E-state index in [1.165, 1.54) is 5.56 Å². The van der Waals surface area contributed by atoms with Crippen LogP contribution in [0, 0.1) is 0 Å². The van der Waals surface area contributed by atoms with Crippen molar-refractivity contribution in [3.8, 4) is 0 Å². The van der Waals surface area contributed by atoms with Crippen molar-refractivity contribution in [3.63, 3.8) is 0 Å². The fourth-order valence-electron chi connectivity index (χ4n) is 4.22. The van der Waals surface area contributed by atoms with Gasteiger partial charge in [0.15, 0.2) is 0 Å². The first kappa shape index (κ1) is 25.2. The van der Waals surface area contributed by atoms with E-state index in [0.717, 1.165) is 30.4 Å². The van der Waals surface area contributed by atoms with E-state index >= 15 is 0 Å². The predicted octanol–water partition coefficient (Wildman–Crippen LogP) is 3.93. The zero-order valence-corrected chi connectivity index (χ0v) is 19.3. The lowest BCUT2D eigenvalue weighted by Gasteiger charge is -2.28. The maximum Gasteiger partial charge on any atom is 0.408 e. The molecule has 0 saturated heterocycles. The van der Waals surface area contributed by atoms with Gasteiger partial charge in [0.1, 0.15) is 12.6 Å². The van der Waals surface area contributed by atoms with E-state index < -0.39 is 18.0 Å². The highest BCUT2D eigenvalue weighted by Crippen LogP contribution is 2.29. The van der Waals surface area contributed by atoms with Crippen molar-refractivity contribution in [1.82, 2.24) is 16.1 Å².